The summed E-state index contributed by atoms with van der Waals surface area (Å²) in [6, 6.07) is 11.8. The summed E-state index contributed by atoms with van der Waals surface area (Å²) in [5.74, 6) is -2.77. The lowest BCUT2D eigenvalue weighted by molar-refractivity contribution is -0.140. The zero-order valence-electron chi connectivity index (χ0n) is 15.3. The summed E-state index contributed by atoms with van der Waals surface area (Å²) in [5, 5.41) is 19.9. The number of rotatable bonds is 6. The highest BCUT2D eigenvalue weighted by molar-refractivity contribution is 6.46. The van der Waals surface area contributed by atoms with E-state index in [1.54, 1.807) is 30.3 Å². The van der Waals surface area contributed by atoms with Crippen molar-refractivity contribution in [3.05, 3.63) is 71.0 Å². The van der Waals surface area contributed by atoms with Gasteiger partial charge in [-0.15, -0.1) is 0 Å². The minimum atomic E-state index is -0.847. The number of hydrogen-bond donors (Lipinski definition) is 2. The third kappa shape index (κ3) is 3.48. The molecule has 1 unspecified atom stereocenters. The Labute approximate surface area is 161 Å². The van der Waals surface area contributed by atoms with E-state index >= 15 is 0 Å². The quantitative estimate of drug-likeness (QED) is 0.454. The van der Waals surface area contributed by atoms with Crippen LogP contribution >= 0.6 is 0 Å². The Morgan fingerprint density at radius 1 is 1.18 bits per heavy atom. The number of amides is 1. The van der Waals surface area contributed by atoms with E-state index < -0.39 is 29.3 Å². The summed E-state index contributed by atoms with van der Waals surface area (Å²) in [5.41, 5.74) is 0.591. The summed E-state index contributed by atoms with van der Waals surface area (Å²) in [4.78, 5) is 26.6. The molecular formula is C21H20FNO5. The van der Waals surface area contributed by atoms with Crippen molar-refractivity contribution >= 4 is 17.4 Å². The molecule has 2 N–H and O–H groups in total. The van der Waals surface area contributed by atoms with Crippen molar-refractivity contribution < 1.29 is 28.9 Å². The van der Waals surface area contributed by atoms with Crippen LogP contribution in [0.3, 0.4) is 0 Å². The van der Waals surface area contributed by atoms with E-state index in [1.165, 1.54) is 24.1 Å². The van der Waals surface area contributed by atoms with Gasteiger partial charge in [-0.25, -0.2) is 4.39 Å². The number of nitrogens with zero attached hydrogens (tertiary/aromatic N) is 1. The summed E-state index contributed by atoms with van der Waals surface area (Å²) in [7, 11) is 1.32. The van der Waals surface area contributed by atoms with Crippen LogP contribution in [0.1, 0.15) is 23.6 Å². The number of carbonyl (C=O) groups excluding carboxylic acids is 2. The third-order valence-electron chi connectivity index (χ3n) is 4.64. The molecule has 3 rings (SSSR count). The first kappa shape index (κ1) is 19.6. The van der Waals surface area contributed by atoms with Gasteiger partial charge in [-0.1, -0.05) is 30.3 Å². The number of hydrogen-bond acceptors (Lipinski definition) is 5. The van der Waals surface area contributed by atoms with E-state index in [0.29, 0.717) is 5.56 Å². The topological polar surface area (TPSA) is 87.1 Å². The summed E-state index contributed by atoms with van der Waals surface area (Å²) >= 11 is 0. The number of aliphatic hydroxyl groups excluding tert-OH is 2. The van der Waals surface area contributed by atoms with Gasteiger partial charge in [0.15, 0.2) is 11.6 Å². The van der Waals surface area contributed by atoms with Gasteiger partial charge in [0, 0.05) is 18.7 Å². The van der Waals surface area contributed by atoms with Crippen molar-refractivity contribution in [2.45, 2.75) is 12.5 Å². The molecule has 1 amide bonds. The largest absolute Gasteiger partial charge is 0.507 e. The van der Waals surface area contributed by atoms with Crippen molar-refractivity contribution in [1.82, 2.24) is 4.90 Å². The van der Waals surface area contributed by atoms with Gasteiger partial charge < -0.3 is 19.8 Å². The van der Waals surface area contributed by atoms with Crippen LogP contribution in [-0.2, 0) is 9.59 Å². The maximum absolute atomic E-state index is 14.1. The predicted octanol–water partition coefficient (Wildman–Crippen LogP) is 2.64. The summed E-state index contributed by atoms with van der Waals surface area (Å²) in [6.45, 7) is 0.00257. The number of ketones is 1. The molecule has 0 aromatic heterocycles. The second-order valence-electron chi connectivity index (χ2n) is 6.33. The fourth-order valence-corrected chi connectivity index (χ4v) is 3.30. The lowest BCUT2D eigenvalue weighted by Gasteiger charge is -2.25. The van der Waals surface area contributed by atoms with Gasteiger partial charge in [0.2, 0.25) is 0 Å². The smallest absolute Gasteiger partial charge is 0.295 e. The first-order chi connectivity index (χ1) is 13.5. The van der Waals surface area contributed by atoms with Crippen LogP contribution < -0.4 is 4.74 Å². The van der Waals surface area contributed by atoms with Crippen LogP contribution in [0.15, 0.2) is 54.1 Å². The van der Waals surface area contributed by atoms with Crippen LogP contribution in [0.2, 0.25) is 0 Å². The molecule has 146 valence electrons. The number of aliphatic hydroxyl groups is 2. The van der Waals surface area contributed by atoms with Gasteiger partial charge in [0.25, 0.3) is 11.7 Å². The molecule has 2 aromatic carbocycles. The van der Waals surface area contributed by atoms with E-state index in [1.807, 2.05) is 0 Å². The molecule has 6 nitrogen and oxygen atoms in total. The van der Waals surface area contributed by atoms with Gasteiger partial charge in [-0.05, 0) is 30.2 Å². The second kappa shape index (κ2) is 8.22. The fourth-order valence-electron chi connectivity index (χ4n) is 3.30. The highest BCUT2D eigenvalue weighted by Crippen LogP contribution is 2.39. The Hall–Kier alpha value is -3.19. The number of Topliss-reactive ketones (excluding diaryl/α,β-unsaturated/α-hetero) is 1. The average molecular weight is 385 g/mol. The van der Waals surface area contributed by atoms with Gasteiger partial charge in [0.05, 0.1) is 18.7 Å². The standard InChI is InChI=1S/C21H20FNO5/c1-28-16-9-8-14(12-15(16)22)19(25)17-18(13-6-3-2-4-7-13)23(10-5-11-24)21(27)20(17)26/h2-4,6-9,12,18,24-25H,5,10-11H2,1H3/b19-17+. The number of methoxy groups -OCH3 is 1. The number of likely N-dealkylation sites (tertiary alicyclic amines) is 1. The van der Waals surface area contributed by atoms with Crippen molar-refractivity contribution in [2.75, 3.05) is 20.3 Å². The van der Waals surface area contributed by atoms with E-state index in [9.17, 15) is 19.1 Å². The summed E-state index contributed by atoms with van der Waals surface area (Å²) < 4.78 is 19.0. The molecule has 7 heteroatoms. The molecule has 1 saturated heterocycles. The van der Waals surface area contributed by atoms with Crippen LogP contribution in [0, 0.1) is 5.82 Å². The lowest BCUT2D eigenvalue weighted by atomic mass is 9.95. The molecule has 0 spiro atoms. The molecule has 0 aliphatic carbocycles. The third-order valence-corrected chi connectivity index (χ3v) is 4.64. The normalized spacial score (nSPS) is 18.5. The minimum absolute atomic E-state index is 0.000411. The van der Waals surface area contributed by atoms with Crippen molar-refractivity contribution in [2.24, 2.45) is 0 Å². The van der Waals surface area contributed by atoms with E-state index in [2.05, 4.69) is 0 Å². The summed E-state index contributed by atoms with van der Waals surface area (Å²) in [6.07, 6.45) is 0.285. The molecule has 1 aliphatic heterocycles. The SMILES string of the molecule is COc1ccc(/C(O)=C2\C(=O)C(=O)N(CCCO)C2c2ccccc2)cc1F. The molecule has 0 saturated carbocycles. The molecule has 28 heavy (non-hydrogen) atoms. The van der Waals surface area contributed by atoms with E-state index in [0.717, 1.165) is 6.07 Å². The van der Waals surface area contributed by atoms with Gasteiger partial charge >= 0.3 is 0 Å². The van der Waals surface area contributed by atoms with Crippen LogP contribution in [0.5, 0.6) is 5.75 Å². The monoisotopic (exact) mass is 385 g/mol. The lowest BCUT2D eigenvalue weighted by Crippen LogP contribution is -2.31. The van der Waals surface area contributed by atoms with E-state index in [4.69, 9.17) is 9.84 Å². The first-order valence-corrected chi connectivity index (χ1v) is 8.77. The molecule has 1 heterocycles. The van der Waals surface area contributed by atoms with Crippen molar-refractivity contribution in [3.8, 4) is 5.75 Å². The molecular weight excluding hydrogens is 365 g/mol. The Bertz CT molecular complexity index is 926. The molecule has 2 aromatic rings. The zero-order valence-corrected chi connectivity index (χ0v) is 15.3. The minimum Gasteiger partial charge on any atom is -0.507 e. The van der Waals surface area contributed by atoms with Gasteiger partial charge in [0.1, 0.15) is 5.76 Å². The highest BCUT2D eigenvalue weighted by atomic mass is 19.1. The Morgan fingerprint density at radius 3 is 2.50 bits per heavy atom. The molecule has 0 bridgehead atoms. The predicted molar refractivity (Wildman–Crippen MR) is 100 cm³/mol. The van der Waals surface area contributed by atoms with Crippen LogP contribution in [0.4, 0.5) is 4.39 Å². The van der Waals surface area contributed by atoms with Gasteiger partial charge in [-0.2, -0.15) is 0 Å². The molecule has 1 aliphatic rings. The van der Waals surface area contributed by atoms with Gasteiger partial charge in [-0.3, -0.25) is 9.59 Å². The molecule has 0 radical (unpaired) electrons. The van der Waals surface area contributed by atoms with E-state index in [-0.39, 0.29) is 36.5 Å². The first-order valence-electron chi connectivity index (χ1n) is 8.77. The van der Waals surface area contributed by atoms with Crippen LogP contribution in [0.25, 0.3) is 5.76 Å². The number of halogens is 1. The maximum atomic E-state index is 14.1. The number of carbonyl (C=O) groups is 2. The Balaban J connectivity index is 2.15. The molecule has 1 atom stereocenters. The number of benzene rings is 2. The Kier molecular flexibility index (Phi) is 5.75. The fraction of sp³-hybridized carbons (Fsp3) is 0.238. The molecule has 1 fully saturated rings. The number of ether oxygens (including phenoxy) is 1. The highest BCUT2D eigenvalue weighted by Gasteiger charge is 2.45. The average Bonchev–Trinajstić information content (AvgIpc) is 2.97. The second-order valence-corrected chi connectivity index (χ2v) is 6.33. The Morgan fingerprint density at radius 2 is 1.89 bits per heavy atom. The van der Waals surface area contributed by atoms with Crippen LogP contribution in [-0.4, -0.2) is 47.1 Å². The zero-order chi connectivity index (χ0) is 20.3. The maximum Gasteiger partial charge on any atom is 0.295 e. The van der Waals surface area contributed by atoms with Crippen molar-refractivity contribution in [1.29, 1.82) is 0 Å². The van der Waals surface area contributed by atoms with Crippen molar-refractivity contribution in [3.63, 3.8) is 0 Å².